The minimum atomic E-state index is 0.199. The van der Waals surface area contributed by atoms with Gasteiger partial charge in [0.15, 0.2) is 5.82 Å². The summed E-state index contributed by atoms with van der Waals surface area (Å²) < 4.78 is 1.96. The van der Waals surface area contributed by atoms with E-state index in [0.717, 1.165) is 29.5 Å². The van der Waals surface area contributed by atoms with Crippen molar-refractivity contribution in [1.29, 1.82) is 0 Å². The summed E-state index contributed by atoms with van der Waals surface area (Å²) >= 11 is 1.67. The first-order valence-corrected chi connectivity index (χ1v) is 6.35. The van der Waals surface area contributed by atoms with Crippen LogP contribution in [0.3, 0.4) is 0 Å². The molecule has 2 N–H and O–H groups in total. The molecule has 0 saturated carbocycles. The fourth-order valence-electron chi connectivity index (χ4n) is 2.00. The highest BCUT2D eigenvalue weighted by atomic mass is 32.1. The van der Waals surface area contributed by atoms with Gasteiger partial charge in [0.25, 0.3) is 0 Å². The average Bonchev–Trinajstić information content (AvgIpc) is 2.86. The predicted molar refractivity (Wildman–Crippen MR) is 64.2 cm³/mol. The van der Waals surface area contributed by atoms with E-state index in [2.05, 4.69) is 23.1 Å². The molecule has 1 aliphatic heterocycles. The summed E-state index contributed by atoms with van der Waals surface area (Å²) in [4.78, 5) is 5.71. The van der Waals surface area contributed by atoms with Crippen LogP contribution in [-0.2, 0) is 13.0 Å². The van der Waals surface area contributed by atoms with E-state index in [1.54, 1.807) is 11.3 Å². The van der Waals surface area contributed by atoms with E-state index >= 15 is 0 Å². The van der Waals surface area contributed by atoms with Gasteiger partial charge < -0.3 is 5.73 Å². The highest BCUT2D eigenvalue weighted by Gasteiger charge is 2.25. The van der Waals surface area contributed by atoms with Crippen LogP contribution in [0.1, 0.15) is 12.7 Å². The van der Waals surface area contributed by atoms with E-state index < -0.39 is 0 Å². The first-order valence-electron chi connectivity index (χ1n) is 5.47. The van der Waals surface area contributed by atoms with Crippen LogP contribution in [0.2, 0.25) is 0 Å². The van der Waals surface area contributed by atoms with Crippen molar-refractivity contribution in [1.82, 2.24) is 14.8 Å². The van der Waals surface area contributed by atoms with E-state index in [1.165, 1.54) is 0 Å². The first kappa shape index (κ1) is 9.99. The summed E-state index contributed by atoms with van der Waals surface area (Å²) in [5.41, 5.74) is 6.04. The van der Waals surface area contributed by atoms with Crippen molar-refractivity contribution in [2.45, 2.75) is 25.9 Å². The third-order valence-corrected chi connectivity index (χ3v) is 3.97. The Labute approximate surface area is 98.1 Å². The number of nitrogens with zero attached hydrogens (tertiary/aromatic N) is 3. The standard InChI is InChI=1S/C11H14N4S/c1-7-5-10-13-11(9-3-2-4-16-9)14-15(10)6-8(7)12/h2-4,7-8H,5-6,12H2,1H3. The molecule has 0 spiro atoms. The molecule has 1 aliphatic rings. The van der Waals surface area contributed by atoms with Crippen molar-refractivity contribution in [2.75, 3.05) is 0 Å². The summed E-state index contributed by atoms with van der Waals surface area (Å²) in [7, 11) is 0. The maximum Gasteiger partial charge on any atom is 0.191 e. The van der Waals surface area contributed by atoms with Crippen LogP contribution in [0.4, 0.5) is 0 Å². The van der Waals surface area contributed by atoms with Gasteiger partial charge in [0, 0.05) is 12.5 Å². The zero-order valence-electron chi connectivity index (χ0n) is 9.13. The maximum atomic E-state index is 6.04. The predicted octanol–water partition coefficient (Wildman–Crippen LogP) is 1.53. The van der Waals surface area contributed by atoms with E-state index in [1.807, 2.05) is 16.1 Å². The molecule has 2 aromatic rings. The lowest BCUT2D eigenvalue weighted by Gasteiger charge is -2.25. The van der Waals surface area contributed by atoms with Crippen LogP contribution in [0.5, 0.6) is 0 Å². The van der Waals surface area contributed by atoms with Gasteiger partial charge in [0.2, 0.25) is 0 Å². The van der Waals surface area contributed by atoms with Crippen LogP contribution in [0.15, 0.2) is 17.5 Å². The van der Waals surface area contributed by atoms with Gasteiger partial charge in [-0.3, -0.25) is 0 Å². The molecule has 0 radical (unpaired) electrons. The molecule has 5 heteroatoms. The molecule has 0 amide bonds. The van der Waals surface area contributed by atoms with Gasteiger partial charge in [-0.1, -0.05) is 13.0 Å². The minimum Gasteiger partial charge on any atom is -0.326 e. The van der Waals surface area contributed by atoms with E-state index in [0.29, 0.717) is 5.92 Å². The van der Waals surface area contributed by atoms with Gasteiger partial charge >= 0.3 is 0 Å². The van der Waals surface area contributed by atoms with E-state index in [-0.39, 0.29) is 6.04 Å². The molecule has 2 atom stereocenters. The van der Waals surface area contributed by atoms with Gasteiger partial charge in [-0.2, -0.15) is 0 Å². The molecule has 84 valence electrons. The lowest BCUT2D eigenvalue weighted by Crippen LogP contribution is -2.39. The highest BCUT2D eigenvalue weighted by molar-refractivity contribution is 7.13. The quantitative estimate of drug-likeness (QED) is 0.814. The van der Waals surface area contributed by atoms with E-state index in [4.69, 9.17) is 5.73 Å². The molecule has 3 rings (SSSR count). The smallest absolute Gasteiger partial charge is 0.191 e. The Morgan fingerprint density at radius 2 is 2.44 bits per heavy atom. The number of fused-ring (bicyclic) bond motifs is 1. The maximum absolute atomic E-state index is 6.04. The van der Waals surface area contributed by atoms with Crippen molar-refractivity contribution < 1.29 is 0 Å². The van der Waals surface area contributed by atoms with E-state index in [9.17, 15) is 0 Å². The second kappa shape index (κ2) is 3.68. The van der Waals surface area contributed by atoms with Gasteiger partial charge in [-0.05, 0) is 17.4 Å². The topological polar surface area (TPSA) is 56.7 Å². The normalized spacial score (nSPS) is 24.4. The number of hydrogen-bond donors (Lipinski definition) is 1. The molecule has 0 aromatic carbocycles. The number of nitrogens with two attached hydrogens (primary N) is 1. The van der Waals surface area contributed by atoms with Crippen LogP contribution in [0, 0.1) is 5.92 Å². The second-order valence-electron chi connectivity index (χ2n) is 4.36. The Balaban J connectivity index is 1.98. The fraction of sp³-hybridized carbons (Fsp3) is 0.455. The van der Waals surface area contributed by atoms with Gasteiger partial charge in [-0.25, -0.2) is 9.67 Å². The number of thiophene rings is 1. The zero-order chi connectivity index (χ0) is 11.1. The Morgan fingerprint density at radius 3 is 3.19 bits per heavy atom. The molecule has 3 heterocycles. The Kier molecular flexibility index (Phi) is 2.29. The molecule has 0 saturated heterocycles. The molecular formula is C11H14N4S. The lowest BCUT2D eigenvalue weighted by atomic mass is 9.96. The number of rotatable bonds is 1. The second-order valence-corrected chi connectivity index (χ2v) is 5.30. The molecule has 0 aliphatic carbocycles. The monoisotopic (exact) mass is 234 g/mol. The third kappa shape index (κ3) is 1.56. The number of aromatic nitrogens is 3. The Morgan fingerprint density at radius 1 is 1.56 bits per heavy atom. The third-order valence-electron chi connectivity index (χ3n) is 3.11. The van der Waals surface area contributed by atoms with Crippen LogP contribution < -0.4 is 5.73 Å². The summed E-state index contributed by atoms with van der Waals surface area (Å²) in [6.07, 6.45) is 0.930. The summed E-state index contributed by atoms with van der Waals surface area (Å²) in [5, 5.41) is 6.56. The van der Waals surface area contributed by atoms with Crippen LogP contribution in [-0.4, -0.2) is 20.8 Å². The molecular weight excluding hydrogens is 220 g/mol. The van der Waals surface area contributed by atoms with Gasteiger partial charge in [0.1, 0.15) is 5.82 Å². The Bertz CT molecular complexity index is 461. The summed E-state index contributed by atoms with van der Waals surface area (Å²) in [6, 6.07) is 4.27. The first-order chi connectivity index (χ1) is 7.74. The fourth-order valence-corrected chi connectivity index (χ4v) is 2.65. The molecule has 2 aromatic heterocycles. The molecule has 0 bridgehead atoms. The summed E-state index contributed by atoms with van der Waals surface area (Å²) in [5.74, 6) is 2.40. The molecule has 4 nitrogen and oxygen atoms in total. The van der Waals surface area contributed by atoms with Gasteiger partial charge in [-0.15, -0.1) is 16.4 Å². The molecule has 0 fully saturated rings. The number of hydrogen-bond acceptors (Lipinski definition) is 4. The lowest BCUT2D eigenvalue weighted by molar-refractivity contribution is 0.330. The molecule has 2 unspecified atom stereocenters. The zero-order valence-corrected chi connectivity index (χ0v) is 9.94. The van der Waals surface area contributed by atoms with Crippen LogP contribution in [0.25, 0.3) is 10.7 Å². The highest BCUT2D eigenvalue weighted by Crippen LogP contribution is 2.24. The van der Waals surface area contributed by atoms with Crippen molar-refractivity contribution in [2.24, 2.45) is 11.7 Å². The Hall–Kier alpha value is -1.20. The van der Waals surface area contributed by atoms with Crippen molar-refractivity contribution in [3.05, 3.63) is 23.3 Å². The minimum absolute atomic E-state index is 0.199. The molecule has 16 heavy (non-hydrogen) atoms. The summed E-state index contributed by atoms with van der Waals surface area (Å²) in [6.45, 7) is 2.96. The average molecular weight is 234 g/mol. The van der Waals surface area contributed by atoms with Crippen molar-refractivity contribution in [3.8, 4) is 10.7 Å². The van der Waals surface area contributed by atoms with Gasteiger partial charge in [0.05, 0.1) is 11.4 Å². The largest absolute Gasteiger partial charge is 0.326 e. The van der Waals surface area contributed by atoms with Crippen LogP contribution >= 0.6 is 11.3 Å². The van der Waals surface area contributed by atoms with Crippen molar-refractivity contribution >= 4 is 11.3 Å². The van der Waals surface area contributed by atoms with Crippen molar-refractivity contribution in [3.63, 3.8) is 0 Å². The SMILES string of the molecule is CC1Cc2nc(-c3cccs3)nn2CC1N.